The van der Waals surface area contributed by atoms with Crippen LogP contribution in [0.1, 0.15) is 0 Å². The van der Waals surface area contributed by atoms with Gasteiger partial charge in [0.1, 0.15) is 0 Å². The van der Waals surface area contributed by atoms with Gasteiger partial charge in [0.05, 0.1) is 0 Å². The summed E-state index contributed by atoms with van der Waals surface area (Å²) >= 11 is 0. The van der Waals surface area contributed by atoms with Crippen LogP contribution < -0.4 is 4.89 Å². The molecule has 4 nitrogen and oxygen atoms in total. The van der Waals surface area contributed by atoms with Crippen LogP contribution in [0.3, 0.4) is 0 Å². The highest BCUT2D eigenvalue weighted by Crippen LogP contribution is 1.96. The lowest BCUT2D eigenvalue weighted by Crippen LogP contribution is -1.83. The zero-order valence-corrected chi connectivity index (χ0v) is 3.63. The van der Waals surface area contributed by atoms with E-state index in [1.807, 2.05) is 0 Å². The van der Waals surface area contributed by atoms with Gasteiger partial charge in [0.15, 0.2) is 0 Å². The molecule has 0 aromatic rings. The molecule has 0 fully saturated rings. The minimum atomic E-state index is -2.64. The first-order valence-corrected chi connectivity index (χ1v) is 2.33. The van der Waals surface area contributed by atoms with Crippen LogP contribution in [0.2, 0.25) is 0 Å². The maximum atomic E-state index is 9.33. The molecule has 0 bridgehead atoms. The van der Waals surface area contributed by atoms with Gasteiger partial charge in [-0.05, 0) is 5.16 Å². The van der Waals surface area contributed by atoms with Crippen molar-refractivity contribution >= 4 is 14.0 Å². The van der Waals surface area contributed by atoms with Gasteiger partial charge in [-0.15, -0.1) is 0 Å². The van der Waals surface area contributed by atoms with E-state index in [0.29, 0.717) is 5.96 Å². The van der Waals surface area contributed by atoms with Crippen LogP contribution in [0.5, 0.6) is 0 Å². The Morgan fingerprint density at radius 3 is 2.50 bits per heavy atom. The summed E-state index contributed by atoms with van der Waals surface area (Å²) in [6.07, 6.45) is 0. The van der Waals surface area contributed by atoms with E-state index in [1.165, 1.54) is 0 Å². The smallest absolute Gasteiger partial charge is 0.364 e. The molecule has 6 heavy (non-hydrogen) atoms. The van der Waals surface area contributed by atoms with Gasteiger partial charge in [-0.3, -0.25) is 0 Å². The first-order valence-electron chi connectivity index (χ1n) is 1.08. The predicted molar refractivity (Wildman–Crippen MR) is 17.9 cm³/mol. The molecule has 1 N–H and O–H groups in total. The molecule has 0 saturated carbocycles. The van der Waals surface area contributed by atoms with Crippen LogP contribution in [0, 0.1) is 0 Å². The fraction of sp³-hybridized carbons (Fsp3) is 0. The molecule has 0 amide bonds. The summed E-state index contributed by atoms with van der Waals surface area (Å²) < 4.78 is 9.33. The second-order valence-electron chi connectivity index (χ2n) is 0.516. The molecule has 0 spiro atoms. The highest BCUT2D eigenvalue weighted by molar-refractivity contribution is 7.54. The minimum absolute atomic E-state index is 0.426. The second kappa shape index (κ2) is 2.75. The average molecular weight is 107 g/mol. The van der Waals surface area contributed by atoms with Crippen molar-refractivity contribution in [2.24, 2.45) is 5.16 Å². The van der Waals surface area contributed by atoms with Crippen molar-refractivity contribution in [1.82, 2.24) is 0 Å². The fourth-order valence-electron chi connectivity index (χ4n) is 0.0422. The third-order valence-electron chi connectivity index (χ3n) is 0.146. The summed E-state index contributed by atoms with van der Waals surface area (Å²) in [7, 11) is -2.64. The predicted octanol–water partition coefficient (Wildman–Crippen LogP) is -0.493. The normalized spacial score (nSPS) is 12.5. The van der Waals surface area contributed by atoms with E-state index in [4.69, 9.17) is 5.21 Å². The van der Waals surface area contributed by atoms with E-state index in [9.17, 15) is 9.46 Å². The Morgan fingerprint density at radius 2 is 2.50 bits per heavy atom. The lowest BCUT2D eigenvalue weighted by atomic mass is 11.7. The molecule has 0 aromatic carbocycles. The van der Waals surface area contributed by atoms with E-state index in [1.54, 1.807) is 0 Å². The Bertz CT molecular complexity index is 78.9. The monoisotopic (exact) mass is 107 g/mol. The SMILES string of the molecule is O=[P+]([O-])C=NO. The van der Waals surface area contributed by atoms with Crippen LogP contribution in [-0.4, -0.2) is 11.2 Å². The van der Waals surface area contributed by atoms with E-state index < -0.39 is 8.03 Å². The Balaban J connectivity index is 3.30. The van der Waals surface area contributed by atoms with Crippen LogP contribution >= 0.6 is 8.03 Å². The molecule has 1 atom stereocenters. The third kappa shape index (κ3) is 3.53. The van der Waals surface area contributed by atoms with E-state index in [0.717, 1.165) is 0 Å². The summed E-state index contributed by atoms with van der Waals surface area (Å²) in [4.78, 5) is 9.33. The van der Waals surface area contributed by atoms with Crippen molar-refractivity contribution in [3.63, 3.8) is 0 Å². The van der Waals surface area contributed by atoms with Crippen molar-refractivity contribution < 1.29 is 14.7 Å². The second-order valence-corrected chi connectivity index (χ2v) is 1.32. The first-order chi connectivity index (χ1) is 2.77. The molecule has 0 aliphatic rings. The molecular weight excluding hydrogens is 105 g/mol. The molecule has 0 aliphatic heterocycles. The van der Waals surface area contributed by atoms with Crippen LogP contribution in [0.4, 0.5) is 0 Å². The van der Waals surface area contributed by atoms with E-state index in [-0.39, 0.29) is 0 Å². The summed E-state index contributed by atoms with van der Waals surface area (Å²) in [5.41, 5.74) is 0. The highest BCUT2D eigenvalue weighted by atomic mass is 31.1. The Hall–Kier alpha value is -0.470. The molecule has 34 valence electrons. The van der Waals surface area contributed by atoms with Gasteiger partial charge in [-0.1, -0.05) is 4.57 Å². The largest absolute Gasteiger partial charge is 0.590 e. The number of hydrogen-bond donors (Lipinski definition) is 1. The summed E-state index contributed by atoms with van der Waals surface area (Å²) in [6, 6.07) is 0. The number of nitrogens with zero attached hydrogens (tertiary/aromatic N) is 1. The zero-order valence-electron chi connectivity index (χ0n) is 2.74. The van der Waals surface area contributed by atoms with Gasteiger partial charge in [-0.2, -0.15) is 0 Å². The lowest BCUT2D eigenvalue weighted by Gasteiger charge is -1.65. The third-order valence-corrected chi connectivity index (χ3v) is 0.438. The Kier molecular flexibility index (Phi) is 2.54. The number of oxime groups is 1. The summed E-state index contributed by atoms with van der Waals surface area (Å²) in [5, 5.41) is 9.64. The molecule has 0 saturated heterocycles. The molecule has 0 rings (SSSR count). The van der Waals surface area contributed by atoms with Gasteiger partial charge in [0.2, 0.25) is 0 Å². The topological polar surface area (TPSA) is 72.7 Å². The van der Waals surface area contributed by atoms with Crippen LogP contribution in [0.25, 0.3) is 0 Å². The molecule has 0 aliphatic carbocycles. The van der Waals surface area contributed by atoms with Crippen molar-refractivity contribution in [3.8, 4) is 0 Å². The van der Waals surface area contributed by atoms with Crippen molar-refractivity contribution in [3.05, 3.63) is 0 Å². The first kappa shape index (κ1) is 5.53. The van der Waals surface area contributed by atoms with Crippen molar-refractivity contribution in [2.75, 3.05) is 0 Å². The average Bonchev–Trinajstić information content (AvgIpc) is 1.35. The number of rotatable bonds is 1. The molecule has 0 aromatic heterocycles. The Labute approximate surface area is 35.0 Å². The summed E-state index contributed by atoms with van der Waals surface area (Å²) in [5.74, 6) is 0.426. The highest BCUT2D eigenvalue weighted by Gasteiger charge is 1.85. The zero-order chi connectivity index (χ0) is 4.99. The van der Waals surface area contributed by atoms with Crippen LogP contribution in [0.15, 0.2) is 5.16 Å². The van der Waals surface area contributed by atoms with E-state index >= 15 is 0 Å². The lowest BCUT2D eigenvalue weighted by molar-refractivity contribution is -0.159. The maximum Gasteiger partial charge on any atom is 0.364 e. The molecule has 1 unspecified atom stereocenters. The molecule has 5 heteroatoms. The van der Waals surface area contributed by atoms with Gasteiger partial charge < -0.3 is 10.1 Å². The van der Waals surface area contributed by atoms with Crippen molar-refractivity contribution in [2.45, 2.75) is 0 Å². The van der Waals surface area contributed by atoms with Crippen LogP contribution in [-0.2, 0) is 4.57 Å². The molecule has 0 heterocycles. The molecular formula is CH2NO3P. The minimum Gasteiger partial charge on any atom is -0.590 e. The van der Waals surface area contributed by atoms with Crippen molar-refractivity contribution in [1.29, 1.82) is 0 Å². The number of hydrogen-bond acceptors (Lipinski definition) is 4. The summed E-state index contributed by atoms with van der Waals surface area (Å²) in [6.45, 7) is 0. The van der Waals surface area contributed by atoms with Gasteiger partial charge in [0, 0.05) is 0 Å². The molecule has 0 radical (unpaired) electrons. The van der Waals surface area contributed by atoms with Gasteiger partial charge >= 0.3 is 8.03 Å². The standard InChI is InChI=1S/CH2NO3P/c3-2-1-6(4)5/h1,3H. The van der Waals surface area contributed by atoms with E-state index in [2.05, 4.69) is 5.16 Å². The fourth-order valence-corrected chi connectivity index (χ4v) is 0.126. The quantitative estimate of drug-likeness (QED) is 0.212. The van der Waals surface area contributed by atoms with Gasteiger partial charge in [-0.25, -0.2) is 0 Å². The van der Waals surface area contributed by atoms with Gasteiger partial charge in [0.25, 0.3) is 5.96 Å². The maximum absolute atomic E-state index is 9.33. The Morgan fingerprint density at radius 1 is 2.00 bits per heavy atom.